The van der Waals surface area contributed by atoms with E-state index in [1.54, 1.807) is 35.0 Å². The first-order valence-corrected chi connectivity index (χ1v) is 6.55. The fourth-order valence-corrected chi connectivity index (χ4v) is 2.11. The quantitative estimate of drug-likeness (QED) is 0.871. The van der Waals surface area contributed by atoms with Gasteiger partial charge in [0.05, 0.1) is 5.69 Å². The van der Waals surface area contributed by atoms with Crippen LogP contribution in [0.5, 0.6) is 0 Å². The molecule has 6 nitrogen and oxygen atoms in total. The molecule has 1 atom stereocenters. The highest BCUT2D eigenvalue weighted by atomic mass is 16.4. The highest BCUT2D eigenvalue weighted by molar-refractivity contribution is 5.84. The van der Waals surface area contributed by atoms with Crippen molar-refractivity contribution in [3.63, 3.8) is 0 Å². The van der Waals surface area contributed by atoms with E-state index in [-0.39, 0.29) is 6.54 Å². The first-order valence-electron chi connectivity index (χ1n) is 6.55. The third kappa shape index (κ3) is 3.68. The number of carboxylic acid groups (broad SMARTS) is 1. The highest BCUT2D eigenvalue weighted by Crippen LogP contribution is 2.12. The second kappa shape index (κ2) is 6.21. The molecular weight excluding hydrogens is 270 g/mol. The second-order valence-corrected chi connectivity index (χ2v) is 4.83. The number of amides is 1. The normalized spacial score (nSPS) is 11.9. The SMILES string of the molecule is Cc1cc(C)n(CC(=O)NC(C(=O)O)c2ccccc2)n1. The van der Waals surface area contributed by atoms with E-state index in [0.29, 0.717) is 5.56 Å². The smallest absolute Gasteiger partial charge is 0.330 e. The fourth-order valence-electron chi connectivity index (χ4n) is 2.11. The van der Waals surface area contributed by atoms with Crippen LogP contribution in [0.3, 0.4) is 0 Å². The minimum Gasteiger partial charge on any atom is -0.479 e. The Morgan fingerprint density at radius 1 is 1.29 bits per heavy atom. The number of aliphatic carboxylic acids is 1. The average molecular weight is 287 g/mol. The monoisotopic (exact) mass is 287 g/mol. The van der Waals surface area contributed by atoms with Gasteiger partial charge in [-0.3, -0.25) is 9.48 Å². The highest BCUT2D eigenvalue weighted by Gasteiger charge is 2.22. The van der Waals surface area contributed by atoms with Gasteiger partial charge >= 0.3 is 5.97 Å². The zero-order chi connectivity index (χ0) is 15.4. The summed E-state index contributed by atoms with van der Waals surface area (Å²) in [6.07, 6.45) is 0. The van der Waals surface area contributed by atoms with E-state index < -0.39 is 17.9 Å². The van der Waals surface area contributed by atoms with Crippen LogP contribution >= 0.6 is 0 Å². The number of aryl methyl sites for hydroxylation is 2. The van der Waals surface area contributed by atoms with E-state index in [0.717, 1.165) is 11.4 Å². The summed E-state index contributed by atoms with van der Waals surface area (Å²) in [5.74, 6) is -1.49. The summed E-state index contributed by atoms with van der Waals surface area (Å²) in [7, 11) is 0. The van der Waals surface area contributed by atoms with Gasteiger partial charge in [-0.1, -0.05) is 30.3 Å². The molecule has 0 saturated heterocycles. The number of rotatable bonds is 5. The Kier molecular flexibility index (Phi) is 4.37. The van der Waals surface area contributed by atoms with Crippen LogP contribution in [0.25, 0.3) is 0 Å². The Morgan fingerprint density at radius 2 is 1.95 bits per heavy atom. The number of nitrogens with one attached hydrogen (secondary N) is 1. The lowest BCUT2D eigenvalue weighted by Crippen LogP contribution is -2.36. The van der Waals surface area contributed by atoms with Crippen molar-refractivity contribution in [1.82, 2.24) is 15.1 Å². The average Bonchev–Trinajstić information content (AvgIpc) is 2.75. The maximum atomic E-state index is 12.0. The van der Waals surface area contributed by atoms with Gasteiger partial charge in [-0.15, -0.1) is 0 Å². The number of hydrogen-bond donors (Lipinski definition) is 2. The predicted octanol–water partition coefficient (Wildman–Crippen LogP) is 1.44. The van der Waals surface area contributed by atoms with Crippen molar-refractivity contribution < 1.29 is 14.7 Å². The van der Waals surface area contributed by atoms with Crippen LogP contribution in [-0.4, -0.2) is 26.8 Å². The Balaban J connectivity index is 2.09. The van der Waals surface area contributed by atoms with E-state index in [4.69, 9.17) is 0 Å². The van der Waals surface area contributed by atoms with Gasteiger partial charge in [-0.25, -0.2) is 4.79 Å². The molecule has 0 aliphatic carbocycles. The molecular formula is C15H17N3O3. The molecule has 1 unspecified atom stereocenters. The first-order chi connectivity index (χ1) is 9.97. The summed E-state index contributed by atoms with van der Waals surface area (Å²) in [4.78, 5) is 23.3. The minimum absolute atomic E-state index is 0.00368. The number of benzene rings is 1. The van der Waals surface area contributed by atoms with Gasteiger partial charge in [0.1, 0.15) is 6.54 Å². The van der Waals surface area contributed by atoms with Crippen LogP contribution in [0.4, 0.5) is 0 Å². The van der Waals surface area contributed by atoms with Gasteiger partial charge in [-0.2, -0.15) is 5.10 Å². The summed E-state index contributed by atoms with van der Waals surface area (Å²) >= 11 is 0. The van der Waals surface area contributed by atoms with Crippen molar-refractivity contribution >= 4 is 11.9 Å². The molecule has 0 radical (unpaired) electrons. The van der Waals surface area contributed by atoms with Gasteiger partial charge in [0.2, 0.25) is 5.91 Å². The Hall–Kier alpha value is -2.63. The molecule has 0 spiro atoms. The van der Waals surface area contributed by atoms with Crippen LogP contribution < -0.4 is 5.32 Å². The maximum Gasteiger partial charge on any atom is 0.330 e. The summed E-state index contributed by atoms with van der Waals surface area (Å²) in [6, 6.07) is 9.40. The predicted molar refractivity (Wildman–Crippen MR) is 76.7 cm³/mol. The lowest BCUT2D eigenvalue weighted by molar-refractivity contribution is -0.142. The molecule has 2 N–H and O–H groups in total. The van der Waals surface area contributed by atoms with Crippen LogP contribution in [0.1, 0.15) is 23.0 Å². The van der Waals surface area contributed by atoms with Gasteiger partial charge < -0.3 is 10.4 Å². The molecule has 6 heteroatoms. The van der Waals surface area contributed by atoms with Crippen LogP contribution in [0.2, 0.25) is 0 Å². The zero-order valence-electron chi connectivity index (χ0n) is 11.9. The summed E-state index contributed by atoms with van der Waals surface area (Å²) in [6.45, 7) is 3.68. The third-order valence-electron chi connectivity index (χ3n) is 3.08. The van der Waals surface area contributed by atoms with Gasteiger partial charge in [0, 0.05) is 5.69 Å². The van der Waals surface area contributed by atoms with Crippen molar-refractivity contribution in [2.45, 2.75) is 26.4 Å². The topological polar surface area (TPSA) is 84.2 Å². The molecule has 1 amide bonds. The van der Waals surface area contributed by atoms with Gasteiger partial charge in [0.25, 0.3) is 0 Å². The van der Waals surface area contributed by atoms with E-state index in [2.05, 4.69) is 10.4 Å². The van der Waals surface area contributed by atoms with E-state index >= 15 is 0 Å². The molecule has 1 aromatic heterocycles. The molecule has 0 saturated carbocycles. The molecule has 0 fully saturated rings. The number of carbonyl (C=O) groups is 2. The molecule has 0 aliphatic heterocycles. The zero-order valence-corrected chi connectivity index (χ0v) is 11.9. The number of nitrogens with zero attached hydrogens (tertiary/aromatic N) is 2. The molecule has 0 bridgehead atoms. The van der Waals surface area contributed by atoms with Crippen molar-refractivity contribution in [1.29, 1.82) is 0 Å². The van der Waals surface area contributed by atoms with Crippen LogP contribution in [0, 0.1) is 13.8 Å². The molecule has 0 aliphatic rings. The Labute approximate surface area is 122 Å². The third-order valence-corrected chi connectivity index (χ3v) is 3.08. The number of carboxylic acids is 1. The van der Waals surface area contributed by atoms with Gasteiger partial charge in [0.15, 0.2) is 6.04 Å². The summed E-state index contributed by atoms with van der Waals surface area (Å²) < 4.78 is 1.55. The lowest BCUT2D eigenvalue weighted by Gasteiger charge is -2.15. The first kappa shape index (κ1) is 14.8. The molecule has 2 rings (SSSR count). The van der Waals surface area contributed by atoms with Crippen molar-refractivity contribution in [2.75, 3.05) is 0 Å². The van der Waals surface area contributed by atoms with Crippen molar-refractivity contribution in [2.24, 2.45) is 0 Å². The molecule has 1 heterocycles. The van der Waals surface area contributed by atoms with E-state index in [1.165, 1.54) is 0 Å². The summed E-state index contributed by atoms with van der Waals surface area (Å²) in [5, 5.41) is 16.0. The second-order valence-electron chi connectivity index (χ2n) is 4.83. The molecule has 2 aromatic rings. The molecule has 110 valence electrons. The maximum absolute atomic E-state index is 12.0. The van der Waals surface area contributed by atoms with E-state index in [9.17, 15) is 14.7 Å². The molecule has 1 aromatic carbocycles. The van der Waals surface area contributed by atoms with Gasteiger partial charge in [-0.05, 0) is 25.5 Å². The van der Waals surface area contributed by atoms with Crippen molar-refractivity contribution in [3.05, 3.63) is 53.3 Å². The fraction of sp³-hybridized carbons (Fsp3) is 0.267. The minimum atomic E-state index is -1.09. The van der Waals surface area contributed by atoms with Crippen LogP contribution in [0.15, 0.2) is 36.4 Å². The number of carbonyl (C=O) groups excluding carboxylic acids is 1. The largest absolute Gasteiger partial charge is 0.479 e. The summed E-state index contributed by atoms with van der Waals surface area (Å²) in [5.41, 5.74) is 2.21. The van der Waals surface area contributed by atoms with Crippen molar-refractivity contribution in [3.8, 4) is 0 Å². The number of aromatic nitrogens is 2. The Bertz CT molecular complexity index is 649. The molecule has 21 heavy (non-hydrogen) atoms. The van der Waals surface area contributed by atoms with Crippen LogP contribution in [-0.2, 0) is 16.1 Å². The number of hydrogen-bond acceptors (Lipinski definition) is 3. The standard InChI is InChI=1S/C15H17N3O3/c1-10-8-11(2)18(17-10)9-13(19)16-14(15(20)21)12-6-4-3-5-7-12/h3-8,14H,9H2,1-2H3,(H,16,19)(H,20,21). The van der Waals surface area contributed by atoms with E-state index in [1.807, 2.05) is 19.9 Å². The Morgan fingerprint density at radius 3 is 2.48 bits per heavy atom. The lowest BCUT2D eigenvalue weighted by atomic mass is 10.1.